The number of nitrogens with zero attached hydrogens (tertiary/aromatic N) is 1. The molecule has 0 saturated heterocycles. The van der Waals surface area contributed by atoms with E-state index in [0.29, 0.717) is 0 Å². The molecule has 0 aliphatic carbocycles. The van der Waals surface area contributed by atoms with Crippen LogP contribution in [0.3, 0.4) is 0 Å². The van der Waals surface area contributed by atoms with Crippen LogP contribution in [0.5, 0.6) is 0 Å². The van der Waals surface area contributed by atoms with Gasteiger partial charge in [-0.15, -0.1) is 11.8 Å². The molecule has 44 valence electrons. The smallest absolute Gasteiger partial charge is 0.161 e. The Balaban J connectivity index is 2.57. The average Bonchev–Trinajstić information content (AvgIpc) is 2.14. The fraction of sp³-hybridized carbons (Fsp3) is 0.500. The number of rotatable bonds is 0. The van der Waals surface area contributed by atoms with Crippen LogP contribution in [0.15, 0.2) is 4.99 Å². The predicted molar refractivity (Wildman–Crippen MR) is 46.0 cm³/mol. The van der Waals surface area contributed by atoms with Crippen LogP contribution >= 0.6 is 35.7 Å². The highest BCUT2D eigenvalue weighted by atomic mass is 32.2. The maximum Gasteiger partial charge on any atom is 0.161 e. The van der Waals surface area contributed by atoms with Gasteiger partial charge in [0.05, 0.1) is 5.04 Å². The van der Waals surface area contributed by atoms with Gasteiger partial charge >= 0.3 is 0 Å². The molecule has 0 atom stereocenters. The summed E-state index contributed by atoms with van der Waals surface area (Å²) in [5.74, 6) is 0.986. The summed E-state index contributed by atoms with van der Waals surface area (Å²) in [6.07, 6.45) is 2.02. The molecule has 0 aromatic carbocycles. The van der Waals surface area contributed by atoms with Crippen molar-refractivity contribution in [3.8, 4) is 0 Å². The fourth-order valence-electron chi connectivity index (χ4n) is 0.394. The molecule has 0 aromatic rings. The van der Waals surface area contributed by atoms with Crippen LogP contribution < -0.4 is 0 Å². The van der Waals surface area contributed by atoms with E-state index in [1.165, 1.54) is 0 Å². The van der Waals surface area contributed by atoms with Crippen molar-refractivity contribution in [2.75, 3.05) is 12.0 Å². The predicted octanol–water partition coefficient (Wildman–Crippen LogP) is 1.78. The molecule has 1 aliphatic rings. The van der Waals surface area contributed by atoms with Crippen molar-refractivity contribution in [3.05, 3.63) is 0 Å². The van der Waals surface area contributed by atoms with Gasteiger partial charge in [0.1, 0.15) is 0 Å². The molecule has 0 N–H and O–H groups in total. The Labute approximate surface area is 62.3 Å². The number of aliphatic imine (C=N–C) groups is 1. The maximum absolute atomic E-state index is 4.82. The molecule has 8 heavy (non-hydrogen) atoms. The van der Waals surface area contributed by atoms with E-state index in [1.54, 1.807) is 23.5 Å². The van der Waals surface area contributed by atoms with Crippen LogP contribution in [-0.2, 0) is 0 Å². The van der Waals surface area contributed by atoms with E-state index in [4.69, 9.17) is 12.2 Å². The molecular weight excluding hydrogens is 158 g/mol. The van der Waals surface area contributed by atoms with Crippen LogP contribution in [0.1, 0.15) is 0 Å². The van der Waals surface area contributed by atoms with Gasteiger partial charge in [-0.05, 0) is 6.26 Å². The second kappa shape index (κ2) is 2.85. The van der Waals surface area contributed by atoms with Crippen LogP contribution in [-0.4, -0.2) is 21.4 Å². The first kappa shape index (κ1) is 6.58. The van der Waals surface area contributed by atoms with E-state index in [-0.39, 0.29) is 0 Å². The zero-order valence-electron chi connectivity index (χ0n) is 4.38. The second-order valence-corrected chi connectivity index (χ2v) is 3.75. The van der Waals surface area contributed by atoms with E-state index in [1.807, 2.05) is 6.26 Å². The monoisotopic (exact) mass is 163 g/mol. The largest absolute Gasteiger partial charge is 0.227 e. The normalized spacial score (nSPS) is 19.1. The van der Waals surface area contributed by atoms with E-state index < -0.39 is 0 Å². The minimum atomic E-state index is 0.786. The standard InChI is InChI=1S/C4H5NS3/c1-7-3-2-8-4(6)5-3/h2H2,1H3. The van der Waals surface area contributed by atoms with Gasteiger partial charge in [0.2, 0.25) is 0 Å². The Hall–Kier alpha value is 0.460. The van der Waals surface area contributed by atoms with E-state index in [2.05, 4.69) is 4.99 Å². The first-order chi connectivity index (χ1) is 3.83. The van der Waals surface area contributed by atoms with Gasteiger partial charge < -0.3 is 0 Å². The third-order valence-electron chi connectivity index (χ3n) is 0.771. The molecule has 1 heterocycles. The molecule has 0 amide bonds. The Morgan fingerprint density at radius 2 is 2.62 bits per heavy atom. The van der Waals surface area contributed by atoms with Gasteiger partial charge in [-0.3, -0.25) is 0 Å². The summed E-state index contributed by atoms with van der Waals surface area (Å²) in [5.41, 5.74) is 0. The minimum absolute atomic E-state index is 0.786. The van der Waals surface area contributed by atoms with Crippen LogP contribution in [0.4, 0.5) is 0 Å². The first-order valence-corrected chi connectivity index (χ1v) is 4.73. The van der Waals surface area contributed by atoms with Crippen LogP contribution in [0, 0.1) is 0 Å². The van der Waals surface area contributed by atoms with E-state index >= 15 is 0 Å². The van der Waals surface area contributed by atoms with Crippen LogP contribution in [0.2, 0.25) is 0 Å². The summed E-state index contributed by atoms with van der Waals surface area (Å²) < 4.78 is 0.786. The third-order valence-corrected chi connectivity index (χ3v) is 2.86. The Kier molecular flexibility index (Phi) is 2.34. The van der Waals surface area contributed by atoms with E-state index in [9.17, 15) is 0 Å². The lowest BCUT2D eigenvalue weighted by Gasteiger charge is -1.84. The van der Waals surface area contributed by atoms with Gasteiger partial charge in [0.25, 0.3) is 0 Å². The van der Waals surface area contributed by atoms with Gasteiger partial charge in [-0.25, -0.2) is 4.99 Å². The third kappa shape index (κ3) is 1.47. The van der Waals surface area contributed by atoms with Crippen molar-refractivity contribution in [1.29, 1.82) is 0 Å². The molecule has 1 aliphatic heterocycles. The number of thiocarbonyl (C=S) groups is 1. The van der Waals surface area contributed by atoms with Crippen LogP contribution in [0.25, 0.3) is 0 Å². The molecule has 0 spiro atoms. The molecule has 1 rings (SSSR count). The van der Waals surface area contributed by atoms with Gasteiger partial charge in [0.15, 0.2) is 4.32 Å². The summed E-state index contributed by atoms with van der Waals surface area (Å²) in [6.45, 7) is 0. The number of hydrogen-bond donors (Lipinski definition) is 0. The molecule has 0 saturated carbocycles. The molecule has 0 bridgehead atoms. The lowest BCUT2D eigenvalue weighted by molar-refractivity contribution is 1.84. The summed E-state index contributed by atoms with van der Waals surface area (Å²) in [4.78, 5) is 4.08. The van der Waals surface area contributed by atoms with Crippen molar-refractivity contribution in [2.24, 2.45) is 4.99 Å². The Morgan fingerprint density at radius 3 is 2.88 bits per heavy atom. The quantitative estimate of drug-likeness (QED) is 0.505. The zero-order chi connectivity index (χ0) is 5.98. The molecule has 4 heteroatoms. The lowest BCUT2D eigenvalue weighted by atomic mass is 10.9. The topological polar surface area (TPSA) is 12.4 Å². The molecule has 1 nitrogen and oxygen atoms in total. The molecule has 0 radical (unpaired) electrons. The van der Waals surface area contributed by atoms with Gasteiger partial charge in [0, 0.05) is 5.75 Å². The highest BCUT2D eigenvalue weighted by Gasteiger charge is 2.08. The first-order valence-electron chi connectivity index (χ1n) is 2.11. The fourth-order valence-corrected chi connectivity index (χ4v) is 2.11. The molecule has 0 unspecified atom stereocenters. The summed E-state index contributed by atoms with van der Waals surface area (Å²) >= 11 is 8.14. The SMILES string of the molecule is CSC1=NC(=S)SC1. The van der Waals surface area contributed by atoms with Crippen molar-refractivity contribution < 1.29 is 0 Å². The number of thioether (sulfide) groups is 2. The van der Waals surface area contributed by atoms with Gasteiger partial charge in [-0.2, -0.15) is 0 Å². The summed E-state index contributed by atoms with van der Waals surface area (Å²) in [5, 5.41) is 1.15. The minimum Gasteiger partial charge on any atom is -0.227 e. The average molecular weight is 163 g/mol. The van der Waals surface area contributed by atoms with Crippen molar-refractivity contribution in [3.63, 3.8) is 0 Å². The Bertz CT molecular complexity index is 140. The summed E-state index contributed by atoms with van der Waals surface area (Å²) in [7, 11) is 0. The highest BCUT2D eigenvalue weighted by molar-refractivity contribution is 8.26. The van der Waals surface area contributed by atoms with Crippen molar-refractivity contribution >= 4 is 45.1 Å². The molecular formula is C4H5NS3. The van der Waals surface area contributed by atoms with Gasteiger partial charge in [-0.1, -0.05) is 24.0 Å². The Morgan fingerprint density at radius 1 is 1.88 bits per heavy atom. The molecule has 0 aromatic heterocycles. The number of hydrogen-bond acceptors (Lipinski definition) is 3. The lowest BCUT2D eigenvalue weighted by Crippen LogP contribution is -1.85. The zero-order valence-corrected chi connectivity index (χ0v) is 6.83. The van der Waals surface area contributed by atoms with Crippen molar-refractivity contribution in [2.45, 2.75) is 0 Å². The highest BCUT2D eigenvalue weighted by Crippen LogP contribution is 2.18. The maximum atomic E-state index is 4.82. The van der Waals surface area contributed by atoms with Crippen molar-refractivity contribution in [1.82, 2.24) is 0 Å². The second-order valence-electron chi connectivity index (χ2n) is 1.26. The summed E-state index contributed by atoms with van der Waals surface area (Å²) in [6, 6.07) is 0. The van der Waals surface area contributed by atoms with E-state index in [0.717, 1.165) is 15.1 Å². The molecule has 0 fully saturated rings.